The second-order valence-electron chi connectivity index (χ2n) is 7.43. The number of nitrogens with one attached hydrogen (secondary N) is 4. The molecular weight excluding hydrogens is 472 g/mol. The van der Waals surface area contributed by atoms with Gasteiger partial charge in [0.25, 0.3) is 11.8 Å². The van der Waals surface area contributed by atoms with Crippen LogP contribution in [0.1, 0.15) is 26.7 Å². The number of rotatable bonds is 11. The molecule has 2 rings (SSSR count). The summed E-state index contributed by atoms with van der Waals surface area (Å²) in [7, 11) is 0. The van der Waals surface area contributed by atoms with Crippen molar-refractivity contribution in [2.24, 2.45) is 0 Å². The lowest BCUT2D eigenvalue weighted by Gasteiger charge is -2.09. The highest BCUT2D eigenvalue weighted by Gasteiger charge is 2.13. The van der Waals surface area contributed by atoms with Gasteiger partial charge in [-0.1, -0.05) is 0 Å². The van der Waals surface area contributed by atoms with Gasteiger partial charge in [-0.15, -0.1) is 0 Å². The maximum atomic E-state index is 11.9. The molecule has 0 bridgehead atoms. The molecule has 0 aliphatic carbocycles. The van der Waals surface area contributed by atoms with Crippen LogP contribution in [0.5, 0.6) is 0 Å². The van der Waals surface area contributed by atoms with Crippen molar-refractivity contribution in [1.82, 2.24) is 0 Å². The molecule has 0 spiro atoms. The van der Waals surface area contributed by atoms with E-state index in [4.69, 9.17) is 9.47 Å². The van der Waals surface area contributed by atoms with Crippen molar-refractivity contribution in [2.75, 3.05) is 34.5 Å². The first-order valence-electron chi connectivity index (χ1n) is 10.8. The van der Waals surface area contributed by atoms with Gasteiger partial charge in [0, 0.05) is 36.6 Å². The number of esters is 2. The third-order valence-corrected chi connectivity index (χ3v) is 4.24. The molecule has 0 saturated carbocycles. The molecule has 0 heterocycles. The summed E-state index contributed by atoms with van der Waals surface area (Å²) < 4.78 is 9.64. The molecule has 4 amide bonds. The Morgan fingerprint density at radius 2 is 0.806 bits per heavy atom. The molecule has 0 aliphatic heterocycles. The average molecular weight is 498 g/mol. The highest BCUT2D eigenvalue weighted by atomic mass is 16.5. The monoisotopic (exact) mass is 498 g/mol. The molecule has 36 heavy (non-hydrogen) atoms. The standard InChI is InChI=1S/C24H26N4O8/c1-15(29)25-17-3-7-19(8-4-17)27-21(31)13-35-23(33)11-12-24(34)36-14-22(32)28-20-9-5-18(6-10-20)26-16(2)30/h3-10H,11-14H2,1-2H3,(H,25,29)(H,26,30)(H,27,31)(H,28,32). The summed E-state index contributed by atoms with van der Waals surface area (Å²) in [5.74, 6) is -3.19. The summed E-state index contributed by atoms with van der Waals surface area (Å²) in [5.41, 5.74) is 2.01. The third kappa shape index (κ3) is 10.9. The number of anilines is 4. The largest absolute Gasteiger partial charge is 0.456 e. The summed E-state index contributed by atoms with van der Waals surface area (Å²) in [5, 5.41) is 10.2. The highest BCUT2D eigenvalue weighted by Crippen LogP contribution is 2.14. The van der Waals surface area contributed by atoms with Gasteiger partial charge in [0.15, 0.2) is 13.2 Å². The summed E-state index contributed by atoms with van der Waals surface area (Å²) in [4.78, 5) is 69.3. The maximum absolute atomic E-state index is 11.9. The summed E-state index contributed by atoms with van der Waals surface area (Å²) in [6.45, 7) is 1.65. The minimum absolute atomic E-state index is 0.225. The smallest absolute Gasteiger partial charge is 0.306 e. The lowest BCUT2D eigenvalue weighted by molar-refractivity contribution is -0.152. The summed E-state index contributed by atoms with van der Waals surface area (Å²) in [6.07, 6.45) is -0.659. The molecule has 190 valence electrons. The molecular formula is C24H26N4O8. The SMILES string of the molecule is CC(=O)Nc1ccc(NC(=O)COC(=O)CCC(=O)OCC(=O)Nc2ccc(NC(C)=O)cc2)cc1. The van der Waals surface area contributed by atoms with Crippen molar-refractivity contribution < 1.29 is 38.2 Å². The zero-order valence-electron chi connectivity index (χ0n) is 19.7. The van der Waals surface area contributed by atoms with Gasteiger partial charge >= 0.3 is 11.9 Å². The van der Waals surface area contributed by atoms with Crippen LogP contribution in [0.25, 0.3) is 0 Å². The Kier molecular flexibility index (Phi) is 10.6. The predicted octanol–water partition coefficient (Wildman–Crippen LogP) is 2.05. The fraction of sp³-hybridized carbons (Fsp3) is 0.250. The van der Waals surface area contributed by atoms with Crippen molar-refractivity contribution in [2.45, 2.75) is 26.7 Å². The van der Waals surface area contributed by atoms with E-state index in [9.17, 15) is 28.8 Å². The molecule has 0 atom stereocenters. The minimum Gasteiger partial charge on any atom is -0.456 e. The molecule has 2 aromatic rings. The number of carbonyl (C=O) groups is 6. The summed E-state index contributed by atoms with van der Waals surface area (Å²) >= 11 is 0. The van der Waals surface area contributed by atoms with E-state index >= 15 is 0 Å². The van der Waals surface area contributed by atoms with Crippen molar-refractivity contribution in [3.05, 3.63) is 48.5 Å². The normalized spacial score (nSPS) is 9.94. The Morgan fingerprint density at radius 1 is 0.528 bits per heavy atom. The third-order valence-electron chi connectivity index (χ3n) is 4.24. The van der Waals surface area contributed by atoms with E-state index < -0.39 is 37.0 Å². The molecule has 2 aromatic carbocycles. The summed E-state index contributed by atoms with van der Waals surface area (Å²) in [6, 6.07) is 12.7. The quantitative estimate of drug-likeness (QED) is 0.341. The van der Waals surface area contributed by atoms with E-state index in [0.29, 0.717) is 22.7 Å². The molecule has 0 aromatic heterocycles. The Balaban J connectivity index is 1.62. The van der Waals surface area contributed by atoms with Crippen molar-refractivity contribution in [1.29, 1.82) is 0 Å². The molecule has 4 N–H and O–H groups in total. The Labute approximate surface area is 206 Å². The van der Waals surface area contributed by atoms with Crippen LogP contribution < -0.4 is 21.3 Å². The van der Waals surface area contributed by atoms with Gasteiger partial charge in [-0.2, -0.15) is 0 Å². The zero-order chi connectivity index (χ0) is 26.5. The predicted molar refractivity (Wildman–Crippen MR) is 130 cm³/mol. The van der Waals surface area contributed by atoms with Crippen LogP contribution in [0.3, 0.4) is 0 Å². The molecule has 0 radical (unpaired) electrons. The molecule has 0 aliphatic rings. The van der Waals surface area contributed by atoms with Crippen LogP contribution in [0.4, 0.5) is 22.7 Å². The van der Waals surface area contributed by atoms with Crippen molar-refractivity contribution in [3.8, 4) is 0 Å². The van der Waals surface area contributed by atoms with E-state index in [-0.39, 0.29) is 24.7 Å². The minimum atomic E-state index is -0.785. The maximum Gasteiger partial charge on any atom is 0.306 e. The van der Waals surface area contributed by atoms with E-state index in [1.165, 1.54) is 13.8 Å². The van der Waals surface area contributed by atoms with E-state index in [1.807, 2.05) is 0 Å². The molecule has 0 saturated heterocycles. The average Bonchev–Trinajstić information content (AvgIpc) is 2.82. The van der Waals surface area contributed by atoms with Crippen LogP contribution in [0, 0.1) is 0 Å². The first-order valence-corrected chi connectivity index (χ1v) is 10.8. The highest BCUT2D eigenvalue weighted by molar-refractivity contribution is 5.95. The lowest BCUT2D eigenvalue weighted by Crippen LogP contribution is -2.22. The van der Waals surface area contributed by atoms with Gasteiger partial charge in [-0.25, -0.2) is 0 Å². The van der Waals surface area contributed by atoms with Crippen molar-refractivity contribution >= 4 is 58.3 Å². The number of carbonyl (C=O) groups excluding carboxylic acids is 6. The van der Waals surface area contributed by atoms with Crippen LogP contribution in [-0.4, -0.2) is 48.8 Å². The van der Waals surface area contributed by atoms with E-state index in [1.54, 1.807) is 48.5 Å². The van der Waals surface area contributed by atoms with Crippen LogP contribution in [-0.2, 0) is 38.2 Å². The fourth-order valence-corrected chi connectivity index (χ4v) is 2.72. The Morgan fingerprint density at radius 3 is 1.08 bits per heavy atom. The molecule has 0 fully saturated rings. The zero-order valence-corrected chi connectivity index (χ0v) is 19.7. The first-order chi connectivity index (χ1) is 17.1. The molecule has 0 unspecified atom stereocenters. The second-order valence-corrected chi connectivity index (χ2v) is 7.43. The second kappa shape index (κ2) is 13.8. The van der Waals surface area contributed by atoms with Gasteiger partial charge in [0.2, 0.25) is 11.8 Å². The lowest BCUT2D eigenvalue weighted by atomic mass is 10.2. The van der Waals surface area contributed by atoms with Crippen LogP contribution in [0.2, 0.25) is 0 Å². The van der Waals surface area contributed by atoms with Crippen molar-refractivity contribution in [3.63, 3.8) is 0 Å². The van der Waals surface area contributed by atoms with Gasteiger partial charge in [0.05, 0.1) is 12.8 Å². The van der Waals surface area contributed by atoms with Gasteiger partial charge in [0.1, 0.15) is 0 Å². The topological polar surface area (TPSA) is 169 Å². The fourth-order valence-electron chi connectivity index (χ4n) is 2.72. The Bertz CT molecular complexity index is 1020. The van der Waals surface area contributed by atoms with Crippen LogP contribution in [0.15, 0.2) is 48.5 Å². The first kappa shape index (κ1) is 27.5. The number of hydrogen-bond donors (Lipinski definition) is 4. The van der Waals surface area contributed by atoms with Crippen LogP contribution >= 0.6 is 0 Å². The number of hydrogen-bond acceptors (Lipinski definition) is 8. The number of amides is 4. The number of ether oxygens (including phenoxy) is 2. The number of benzene rings is 2. The molecule has 12 nitrogen and oxygen atoms in total. The van der Waals surface area contributed by atoms with E-state index in [0.717, 1.165) is 0 Å². The van der Waals surface area contributed by atoms with Gasteiger partial charge in [-0.05, 0) is 48.5 Å². The Hall–Kier alpha value is -4.74. The molecule has 12 heteroatoms. The van der Waals surface area contributed by atoms with E-state index in [2.05, 4.69) is 21.3 Å². The van der Waals surface area contributed by atoms with Gasteiger partial charge < -0.3 is 30.7 Å². The van der Waals surface area contributed by atoms with Gasteiger partial charge in [-0.3, -0.25) is 28.8 Å².